The normalized spacial score (nSPS) is 17.6. The second-order valence-corrected chi connectivity index (χ2v) is 6.71. The van der Waals surface area contributed by atoms with Crippen LogP contribution >= 0.6 is 11.3 Å². The van der Waals surface area contributed by atoms with E-state index in [-0.39, 0.29) is 11.9 Å². The summed E-state index contributed by atoms with van der Waals surface area (Å²) in [5, 5.41) is 6.78. The molecule has 1 aliphatic rings. The summed E-state index contributed by atoms with van der Waals surface area (Å²) < 4.78 is 10.6. The predicted octanol–water partition coefficient (Wildman–Crippen LogP) is 3.32. The number of carbonyl (C=O) groups excluding carboxylic acids is 1. The van der Waals surface area contributed by atoms with Crippen LogP contribution < -0.4 is 0 Å². The Morgan fingerprint density at radius 3 is 2.92 bits per heavy atom. The molecule has 3 aromatic rings. The molecule has 6 nitrogen and oxygen atoms in total. The van der Waals surface area contributed by atoms with Gasteiger partial charge in [0.05, 0.1) is 24.9 Å². The number of nitrogens with zero attached hydrogens (tertiary/aromatic N) is 3. The summed E-state index contributed by atoms with van der Waals surface area (Å²) in [4.78, 5) is 19.3. The molecule has 3 heterocycles. The lowest BCUT2D eigenvalue weighted by Gasteiger charge is -2.34. The van der Waals surface area contributed by atoms with E-state index >= 15 is 0 Å². The molecular weight excluding hydrogens is 338 g/mol. The Labute approximate surface area is 149 Å². The largest absolute Gasteiger partial charge is 0.377 e. The van der Waals surface area contributed by atoms with E-state index in [1.54, 1.807) is 29.2 Å². The monoisotopic (exact) mass is 355 g/mol. The average molecular weight is 355 g/mol. The van der Waals surface area contributed by atoms with Gasteiger partial charge in [0.15, 0.2) is 5.69 Å². The molecule has 0 spiro atoms. The molecule has 0 aliphatic carbocycles. The highest BCUT2D eigenvalue weighted by molar-refractivity contribution is 7.13. The van der Waals surface area contributed by atoms with Crippen molar-refractivity contribution in [3.8, 4) is 10.6 Å². The van der Waals surface area contributed by atoms with Crippen LogP contribution in [-0.4, -0.2) is 40.7 Å². The van der Waals surface area contributed by atoms with Crippen LogP contribution in [0.25, 0.3) is 10.6 Å². The van der Waals surface area contributed by atoms with Gasteiger partial charge in [0.25, 0.3) is 5.91 Å². The zero-order chi connectivity index (χ0) is 17.2. The van der Waals surface area contributed by atoms with Crippen molar-refractivity contribution in [2.45, 2.75) is 13.0 Å². The van der Waals surface area contributed by atoms with E-state index in [1.807, 2.05) is 35.7 Å². The number of ether oxygens (including phenoxy) is 1. The van der Waals surface area contributed by atoms with Gasteiger partial charge in [-0.05, 0) is 6.92 Å². The topological polar surface area (TPSA) is 68.5 Å². The second kappa shape index (κ2) is 6.78. The highest BCUT2D eigenvalue weighted by atomic mass is 32.1. The molecule has 128 valence electrons. The van der Waals surface area contributed by atoms with Crippen LogP contribution in [-0.2, 0) is 4.74 Å². The van der Waals surface area contributed by atoms with E-state index < -0.39 is 0 Å². The average Bonchev–Trinajstić information content (AvgIpc) is 3.31. The van der Waals surface area contributed by atoms with E-state index in [0.29, 0.717) is 31.2 Å². The van der Waals surface area contributed by atoms with Crippen LogP contribution in [0.5, 0.6) is 0 Å². The fourth-order valence-corrected chi connectivity index (χ4v) is 3.73. The Morgan fingerprint density at radius 1 is 1.32 bits per heavy atom. The van der Waals surface area contributed by atoms with Crippen LogP contribution in [0.3, 0.4) is 0 Å². The molecule has 0 radical (unpaired) electrons. The molecule has 1 amide bonds. The summed E-state index contributed by atoms with van der Waals surface area (Å²) in [5.74, 6) is 0.465. The minimum absolute atomic E-state index is 0.153. The third-order valence-corrected chi connectivity index (χ3v) is 5.03. The molecule has 7 heteroatoms. The first kappa shape index (κ1) is 16.0. The van der Waals surface area contributed by atoms with Crippen molar-refractivity contribution < 1.29 is 14.1 Å². The molecular formula is C18H17N3O3S. The van der Waals surface area contributed by atoms with Gasteiger partial charge < -0.3 is 14.2 Å². The van der Waals surface area contributed by atoms with Crippen molar-refractivity contribution in [1.29, 1.82) is 0 Å². The molecule has 1 aliphatic heterocycles. The smallest absolute Gasteiger partial charge is 0.276 e. The lowest BCUT2D eigenvalue weighted by Crippen LogP contribution is -2.43. The summed E-state index contributed by atoms with van der Waals surface area (Å²) in [7, 11) is 0. The number of hydrogen-bond acceptors (Lipinski definition) is 6. The van der Waals surface area contributed by atoms with Crippen molar-refractivity contribution in [2.24, 2.45) is 0 Å². The Kier molecular flexibility index (Phi) is 4.33. The van der Waals surface area contributed by atoms with Crippen molar-refractivity contribution in [3.05, 3.63) is 58.9 Å². The molecule has 25 heavy (non-hydrogen) atoms. The first-order valence-corrected chi connectivity index (χ1v) is 8.93. The fourth-order valence-electron chi connectivity index (χ4n) is 2.86. The van der Waals surface area contributed by atoms with Crippen LogP contribution in [0.2, 0.25) is 0 Å². The van der Waals surface area contributed by atoms with Crippen molar-refractivity contribution >= 4 is 17.2 Å². The SMILES string of the molecule is Cc1cc(C(=O)N2CCOC[C@@H]2c2csc(-c3ccccc3)n2)no1. The maximum Gasteiger partial charge on any atom is 0.276 e. The van der Waals surface area contributed by atoms with Gasteiger partial charge in [-0.25, -0.2) is 4.98 Å². The second-order valence-electron chi connectivity index (χ2n) is 5.86. The predicted molar refractivity (Wildman–Crippen MR) is 93.4 cm³/mol. The van der Waals surface area contributed by atoms with Gasteiger partial charge in [-0.1, -0.05) is 35.5 Å². The van der Waals surface area contributed by atoms with Crippen molar-refractivity contribution in [2.75, 3.05) is 19.8 Å². The van der Waals surface area contributed by atoms with E-state index in [0.717, 1.165) is 16.3 Å². The zero-order valence-corrected chi connectivity index (χ0v) is 14.5. The Morgan fingerprint density at radius 2 is 2.16 bits per heavy atom. The Bertz CT molecular complexity index is 875. The van der Waals surface area contributed by atoms with Gasteiger partial charge in [-0.15, -0.1) is 11.3 Å². The molecule has 1 fully saturated rings. The highest BCUT2D eigenvalue weighted by Crippen LogP contribution is 2.31. The number of amides is 1. The number of hydrogen-bond donors (Lipinski definition) is 0. The number of carbonyl (C=O) groups is 1. The van der Waals surface area contributed by atoms with Crippen LogP contribution in [0.1, 0.15) is 28.0 Å². The quantitative estimate of drug-likeness (QED) is 0.721. The number of morpholine rings is 1. The molecule has 1 aromatic carbocycles. The van der Waals surface area contributed by atoms with E-state index in [1.165, 1.54) is 0 Å². The Hall–Kier alpha value is -2.51. The molecule has 1 atom stereocenters. The molecule has 0 unspecified atom stereocenters. The van der Waals surface area contributed by atoms with Gasteiger partial charge in [0.1, 0.15) is 10.8 Å². The number of thiazole rings is 1. The summed E-state index contributed by atoms with van der Waals surface area (Å²) in [6.07, 6.45) is 0. The zero-order valence-electron chi connectivity index (χ0n) is 13.7. The standard InChI is InChI=1S/C18H17N3O3S/c1-12-9-14(20-24-12)18(22)21-7-8-23-10-16(21)15-11-25-17(19-15)13-5-3-2-4-6-13/h2-6,9,11,16H,7-8,10H2,1H3/t16-/m1/s1. The third kappa shape index (κ3) is 3.20. The number of benzene rings is 1. The van der Waals surface area contributed by atoms with Gasteiger partial charge in [0, 0.05) is 23.6 Å². The number of aryl methyl sites for hydroxylation is 1. The molecule has 0 saturated carbocycles. The summed E-state index contributed by atoms with van der Waals surface area (Å²) in [6, 6.07) is 11.5. The van der Waals surface area contributed by atoms with Gasteiger partial charge in [-0.2, -0.15) is 0 Å². The van der Waals surface area contributed by atoms with Gasteiger partial charge in [-0.3, -0.25) is 4.79 Å². The summed E-state index contributed by atoms with van der Waals surface area (Å²) >= 11 is 1.57. The number of rotatable bonds is 3. The van der Waals surface area contributed by atoms with Crippen LogP contribution in [0, 0.1) is 6.92 Å². The molecule has 1 saturated heterocycles. The first-order chi connectivity index (χ1) is 12.2. The van der Waals surface area contributed by atoms with E-state index in [4.69, 9.17) is 14.2 Å². The van der Waals surface area contributed by atoms with E-state index in [9.17, 15) is 4.79 Å². The lowest BCUT2D eigenvalue weighted by molar-refractivity contribution is -0.00421. The third-order valence-electron chi connectivity index (χ3n) is 4.12. The first-order valence-electron chi connectivity index (χ1n) is 8.05. The van der Waals surface area contributed by atoms with Crippen molar-refractivity contribution in [3.63, 3.8) is 0 Å². The molecule has 4 rings (SSSR count). The van der Waals surface area contributed by atoms with E-state index in [2.05, 4.69) is 5.16 Å². The maximum absolute atomic E-state index is 12.8. The molecule has 2 aromatic heterocycles. The molecule has 0 bridgehead atoms. The summed E-state index contributed by atoms with van der Waals surface area (Å²) in [5.41, 5.74) is 2.24. The van der Waals surface area contributed by atoms with Gasteiger partial charge in [0.2, 0.25) is 0 Å². The lowest BCUT2D eigenvalue weighted by atomic mass is 10.1. The summed E-state index contributed by atoms with van der Waals surface area (Å²) in [6.45, 7) is 3.22. The minimum Gasteiger partial charge on any atom is -0.377 e. The fraction of sp³-hybridized carbons (Fsp3) is 0.278. The number of aromatic nitrogens is 2. The minimum atomic E-state index is -0.216. The molecule has 0 N–H and O–H groups in total. The van der Waals surface area contributed by atoms with Crippen LogP contribution in [0.4, 0.5) is 0 Å². The van der Waals surface area contributed by atoms with Gasteiger partial charge >= 0.3 is 0 Å². The highest BCUT2D eigenvalue weighted by Gasteiger charge is 2.32. The maximum atomic E-state index is 12.8. The Balaban J connectivity index is 1.61. The van der Waals surface area contributed by atoms with Crippen molar-refractivity contribution in [1.82, 2.24) is 15.0 Å². The van der Waals surface area contributed by atoms with Crippen LogP contribution in [0.15, 0.2) is 46.3 Å².